The molecular formula is C13H19NO3. The molecule has 0 spiro atoms. The minimum atomic E-state index is -0.713. The Bertz CT molecular complexity index is 351. The van der Waals surface area contributed by atoms with Crippen LogP contribution in [-0.4, -0.2) is 22.4 Å². The summed E-state index contributed by atoms with van der Waals surface area (Å²) in [7, 11) is 0. The molecule has 17 heavy (non-hydrogen) atoms. The minimum absolute atomic E-state index is 0.168. The number of rotatable bonds is 4. The van der Waals surface area contributed by atoms with E-state index in [1.165, 1.54) is 0 Å². The molecule has 0 aliphatic heterocycles. The van der Waals surface area contributed by atoms with Crippen molar-refractivity contribution in [3.05, 3.63) is 35.9 Å². The molecule has 0 saturated heterocycles. The lowest BCUT2D eigenvalue weighted by Crippen LogP contribution is -2.39. The molecule has 1 amide bonds. The Labute approximate surface area is 102 Å². The lowest BCUT2D eigenvalue weighted by Gasteiger charge is -2.24. The molecule has 0 aromatic heterocycles. The van der Waals surface area contributed by atoms with Crippen LogP contribution >= 0.6 is 0 Å². The summed E-state index contributed by atoms with van der Waals surface area (Å²) < 4.78 is 5.00. The fourth-order valence-electron chi connectivity index (χ4n) is 1.23. The third kappa shape index (κ3) is 4.07. The first-order valence-electron chi connectivity index (χ1n) is 5.71. The van der Waals surface area contributed by atoms with Gasteiger partial charge in [-0.15, -0.1) is 0 Å². The molecule has 0 aliphatic carbocycles. The number of benzene rings is 1. The number of ether oxygens (including phenoxy) is 1. The van der Waals surface area contributed by atoms with E-state index in [-0.39, 0.29) is 18.6 Å². The highest BCUT2D eigenvalue weighted by Gasteiger charge is 2.21. The smallest absolute Gasteiger partial charge is 0.434 e. The Kier molecular flexibility index (Phi) is 4.97. The fraction of sp³-hybridized carbons (Fsp3) is 0.462. The van der Waals surface area contributed by atoms with Crippen LogP contribution in [0.15, 0.2) is 30.3 Å². The summed E-state index contributed by atoms with van der Waals surface area (Å²) in [5.41, 5.74) is 0.895. The molecular weight excluding hydrogens is 218 g/mol. The molecule has 0 bridgehead atoms. The topological polar surface area (TPSA) is 49.8 Å². The van der Waals surface area contributed by atoms with Crippen molar-refractivity contribution in [2.75, 3.05) is 0 Å². The molecule has 4 nitrogen and oxygen atoms in total. The fourth-order valence-corrected chi connectivity index (χ4v) is 1.23. The third-order valence-electron chi connectivity index (χ3n) is 2.74. The van der Waals surface area contributed by atoms with E-state index in [9.17, 15) is 10.0 Å². The van der Waals surface area contributed by atoms with Crippen molar-refractivity contribution < 1.29 is 14.7 Å². The molecule has 1 atom stereocenters. The van der Waals surface area contributed by atoms with E-state index in [0.29, 0.717) is 5.06 Å². The van der Waals surface area contributed by atoms with Crippen molar-refractivity contribution in [2.45, 2.75) is 33.4 Å². The van der Waals surface area contributed by atoms with Gasteiger partial charge >= 0.3 is 6.09 Å². The van der Waals surface area contributed by atoms with Gasteiger partial charge in [0.15, 0.2) is 0 Å². The maximum Gasteiger partial charge on any atom is 0.434 e. The number of carbonyl (C=O) groups is 1. The van der Waals surface area contributed by atoms with E-state index >= 15 is 0 Å². The van der Waals surface area contributed by atoms with Crippen LogP contribution in [0.25, 0.3) is 0 Å². The summed E-state index contributed by atoms with van der Waals surface area (Å²) in [6.07, 6.45) is -0.713. The largest absolute Gasteiger partial charge is 0.443 e. The molecule has 1 unspecified atom stereocenters. The highest BCUT2D eigenvalue weighted by molar-refractivity contribution is 5.66. The van der Waals surface area contributed by atoms with Gasteiger partial charge in [-0.1, -0.05) is 44.2 Å². The van der Waals surface area contributed by atoms with E-state index in [1.54, 1.807) is 6.92 Å². The quantitative estimate of drug-likeness (QED) is 0.646. The van der Waals surface area contributed by atoms with Gasteiger partial charge in [0.2, 0.25) is 0 Å². The van der Waals surface area contributed by atoms with Gasteiger partial charge in [-0.3, -0.25) is 5.21 Å². The second-order valence-electron chi connectivity index (χ2n) is 4.37. The Morgan fingerprint density at radius 2 is 1.88 bits per heavy atom. The van der Waals surface area contributed by atoms with Crippen molar-refractivity contribution in [3.8, 4) is 0 Å². The lowest BCUT2D eigenvalue weighted by atomic mass is 10.1. The lowest BCUT2D eigenvalue weighted by molar-refractivity contribution is -0.112. The SMILES string of the molecule is CC(C)C(C)N(O)C(=O)OCc1ccccc1. The first-order valence-corrected chi connectivity index (χ1v) is 5.71. The molecule has 0 saturated carbocycles. The van der Waals surface area contributed by atoms with Gasteiger partial charge in [0.25, 0.3) is 0 Å². The van der Waals surface area contributed by atoms with E-state index in [4.69, 9.17) is 4.74 Å². The summed E-state index contributed by atoms with van der Waals surface area (Å²) in [5, 5.41) is 10.2. The molecule has 94 valence electrons. The number of carbonyl (C=O) groups excluding carboxylic acids is 1. The molecule has 1 rings (SSSR count). The predicted octanol–water partition coefficient (Wildman–Crippen LogP) is 3.06. The number of hydrogen-bond acceptors (Lipinski definition) is 3. The Hall–Kier alpha value is -1.55. The monoisotopic (exact) mass is 237 g/mol. The van der Waals surface area contributed by atoms with Gasteiger partial charge in [0, 0.05) is 0 Å². The van der Waals surface area contributed by atoms with Crippen molar-refractivity contribution in [1.29, 1.82) is 0 Å². The number of hydrogen-bond donors (Lipinski definition) is 1. The summed E-state index contributed by atoms with van der Waals surface area (Å²) >= 11 is 0. The summed E-state index contributed by atoms with van der Waals surface area (Å²) in [4.78, 5) is 11.5. The van der Waals surface area contributed by atoms with E-state index in [1.807, 2.05) is 44.2 Å². The summed E-state index contributed by atoms with van der Waals surface area (Å²) in [5.74, 6) is 0.171. The molecule has 1 N–H and O–H groups in total. The average Bonchev–Trinajstić information content (AvgIpc) is 2.35. The van der Waals surface area contributed by atoms with Crippen LogP contribution in [0.4, 0.5) is 4.79 Å². The molecule has 0 aliphatic rings. The van der Waals surface area contributed by atoms with Crippen LogP contribution in [-0.2, 0) is 11.3 Å². The molecule has 0 radical (unpaired) electrons. The standard InChI is InChI=1S/C13H19NO3/c1-10(2)11(3)14(16)13(15)17-9-12-7-5-4-6-8-12/h4-8,10-11,16H,9H2,1-3H3. The zero-order valence-electron chi connectivity index (χ0n) is 10.5. The van der Waals surface area contributed by atoms with Crippen LogP contribution in [0.3, 0.4) is 0 Å². The predicted molar refractivity (Wildman–Crippen MR) is 64.6 cm³/mol. The van der Waals surface area contributed by atoms with E-state index in [2.05, 4.69) is 0 Å². The van der Waals surface area contributed by atoms with Crippen molar-refractivity contribution in [2.24, 2.45) is 5.92 Å². The van der Waals surface area contributed by atoms with Gasteiger partial charge < -0.3 is 4.74 Å². The zero-order valence-corrected chi connectivity index (χ0v) is 10.5. The normalized spacial score (nSPS) is 12.3. The van der Waals surface area contributed by atoms with Gasteiger partial charge in [-0.05, 0) is 18.4 Å². The zero-order chi connectivity index (χ0) is 12.8. The van der Waals surface area contributed by atoms with Crippen LogP contribution < -0.4 is 0 Å². The van der Waals surface area contributed by atoms with Gasteiger partial charge in [-0.25, -0.2) is 4.79 Å². The van der Waals surface area contributed by atoms with Crippen LogP contribution in [0.1, 0.15) is 26.3 Å². The molecule has 1 aromatic carbocycles. The van der Waals surface area contributed by atoms with Crippen molar-refractivity contribution in [3.63, 3.8) is 0 Å². The van der Waals surface area contributed by atoms with E-state index in [0.717, 1.165) is 5.56 Å². The molecule has 4 heteroatoms. The van der Waals surface area contributed by atoms with Crippen LogP contribution in [0, 0.1) is 5.92 Å². The van der Waals surface area contributed by atoms with E-state index < -0.39 is 6.09 Å². The van der Waals surface area contributed by atoms with Crippen molar-refractivity contribution in [1.82, 2.24) is 5.06 Å². The first-order chi connectivity index (χ1) is 8.02. The highest BCUT2D eigenvalue weighted by Crippen LogP contribution is 2.10. The first kappa shape index (κ1) is 13.5. The number of amides is 1. The number of nitrogens with zero attached hydrogens (tertiary/aromatic N) is 1. The Balaban J connectivity index is 2.45. The summed E-state index contributed by atoms with van der Waals surface area (Å²) in [6, 6.07) is 9.10. The Morgan fingerprint density at radius 1 is 1.29 bits per heavy atom. The second-order valence-corrected chi connectivity index (χ2v) is 4.37. The third-order valence-corrected chi connectivity index (χ3v) is 2.74. The van der Waals surface area contributed by atoms with Gasteiger partial charge in [0.1, 0.15) is 6.61 Å². The van der Waals surface area contributed by atoms with Crippen LogP contribution in [0.2, 0.25) is 0 Å². The Morgan fingerprint density at radius 3 is 2.41 bits per heavy atom. The highest BCUT2D eigenvalue weighted by atomic mass is 16.6. The molecule has 0 heterocycles. The molecule has 0 fully saturated rings. The second kappa shape index (κ2) is 6.25. The van der Waals surface area contributed by atoms with Gasteiger partial charge in [-0.2, -0.15) is 5.06 Å². The van der Waals surface area contributed by atoms with Crippen molar-refractivity contribution >= 4 is 6.09 Å². The summed E-state index contributed by atoms with van der Waals surface area (Å²) in [6.45, 7) is 5.80. The van der Waals surface area contributed by atoms with Crippen LogP contribution in [0.5, 0.6) is 0 Å². The average molecular weight is 237 g/mol. The van der Waals surface area contributed by atoms with Gasteiger partial charge in [0.05, 0.1) is 6.04 Å². The molecule has 1 aromatic rings. The maximum absolute atomic E-state index is 11.5. The maximum atomic E-state index is 11.5. The minimum Gasteiger partial charge on any atom is -0.443 e. The number of hydroxylamine groups is 2.